The van der Waals surface area contributed by atoms with Crippen molar-refractivity contribution in [3.63, 3.8) is 0 Å². The van der Waals surface area contributed by atoms with Gasteiger partial charge in [-0.15, -0.1) is 0 Å². The van der Waals surface area contributed by atoms with Gasteiger partial charge in [-0.3, -0.25) is 0 Å². The molecule has 0 fully saturated rings. The number of hydrogen-bond donors (Lipinski definition) is 1. The number of aryl methyl sites for hydroxylation is 1. The van der Waals surface area contributed by atoms with E-state index >= 15 is 0 Å². The SMILES string of the molecule is CCc1ccc(OC(CN)C(F)(F)F)c(OC)c1. The fraction of sp³-hybridized carbons (Fsp3) is 0.500. The van der Waals surface area contributed by atoms with Crippen LogP contribution in [-0.4, -0.2) is 25.9 Å². The number of alkyl halides is 3. The molecule has 1 aromatic carbocycles. The van der Waals surface area contributed by atoms with E-state index in [2.05, 4.69) is 0 Å². The quantitative estimate of drug-likeness (QED) is 0.887. The first-order chi connectivity index (χ1) is 8.42. The molecule has 2 N–H and O–H groups in total. The monoisotopic (exact) mass is 263 g/mol. The van der Waals surface area contributed by atoms with Gasteiger partial charge in [0.05, 0.1) is 7.11 Å². The second kappa shape index (κ2) is 5.95. The summed E-state index contributed by atoms with van der Waals surface area (Å²) in [7, 11) is 1.38. The van der Waals surface area contributed by atoms with Crippen molar-refractivity contribution in [2.24, 2.45) is 5.73 Å². The van der Waals surface area contributed by atoms with Crippen LogP contribution in [0.5, 0.6) is 11.5 Å². The van der Waals surface area contributed by atoms with Crippen molar-refractivity contribution >= 4 is 0 Å². The third kappa shape index (κ3) is 3.53. The molecular formula is C12H16F3NO2. The maximum absolute atomic E-state index is 12.5. The Kier molecular flexibility index (Phi) is 4.84. The van der Waals surface area contributed by atoms with E-state index in [9.17, 15) is 13.2 Å². The minimum absolute atomic E-state index is 0.0440. The number of benzene rings is 1. The van der Waals surface area contributed by atoms with Gasteiger partial charge >= 0.3 is 6.18 Å². The minimum atomic E-state index is -4.50. The number of ether oxygens (including phenoxy) is 2. The molecule has 102 valence electrons. The van der Waals surface area contributed by atoms with Crippen molar-refractivity contribution in [3.8, 4) is 11.5 Å². The molecule has 1 rings (SSSR count). The predicted octanol–water partition coefficient (Wildman–Crippen LogP) is 2.53. The Hall–Kier alpha value is -1.43. The molecule has 1 atom stereocenters. The van der Waals surface area contributed by atoms with Crippen molar-refractivity contribution in [1.82, 2.24) is 0 Å². The van der Waals surface area contributed by atoms with Gasteiger partial charge in [0.15, 0.2) is 11.5 Å². The zero-order valence-electron chi connectivity index (χ0n) is 10.3. The zero-order valence-corrected chi connectivity index (χ0v) is 10.3. The van der Waals surface area contributed by atoms with Gasteiger partial charge in [-0.25, -0.2) is 0 Å². The molecule has 0 aliphatic carbocycles. The van der Waals surface area contributed by atoms with Gasteiger partial charge in [-0.05, 0) is 24.1 Å². The van der Waals surface area contributed by atoms with Crippen LogP contribution in [0.1, 0.15) is 12.5 Å². The highest BCUT2D eigenvalue weighted by Crippen LogP contribution is 2.32. The van der Waals surface area contributed by atoms with Gasteiger partial charge in [0.2, 0.25) is 6.10 Å². The van der Waals surface area contributed by atoms with E-state index in [-0.39, 0.29) is 11.5 Å². The van der Waals surface area contributed by atoms with E-state index in [1.54, 1.807) is 12.1 Å². The van der Waals surface area contributed by atoms with Gasteiger partial charge < -0.3 is 15.2 Å². The molecule has 6 heteroatoms. The van der Waals surface area contributed by atoms with Crippen LogP contribution in [-0.2, 0) is 6.42 Å². The molecule has 3 nitrogen and oxygen atoms in total. The van der Waals surface area contributed by atoms with E-state index in [0.29, 0.717) is 0 Å². The normalized spacial score (nSPS) is 13.2. The van der Waals surface area contributed by atoms with Gasteiger partial charge in [0.1, 0.15) is 0 Å². The first kappa shape index (κ1) is 14.6. The number of nitrogens with two attached hydrogens (primary N) is 1. The molecule has 1 unspecified atom stereocenters. The van der Waals surface area contributed by atoms with Crippen LogP contribution in [0, 0.1) is 0 Å². The molecule has 0 heterocycles. The molecule has 1 aromatic rings. The summed E-state index contributed by atoms with van der Waals surface area (Å²) < 4.78 is 47.5. The third-order valence-corrected chi connectivity index (χ3v) is 2.48. The highest BCUT2D eigenvalue weighted by atomic mass is 19.4. The van der Waals surface area contributed by atoms with E-state index < -0.39 is 18.8 Å². The largest absolute Gasteiger partial charge is 0.493 e. The van der Waals surface area contributed by atoms with Crippen LogP contribution >= 0.6 is 0 Å². The predicted molar refractivity (Wildman–Crippen MR) is 61.9 cm³/mol. The van der Waals surface area contributed by atoms with Gasteiger partial charge in [-0.1, -0.05) is 13.0 Å². The Balaban J connectivity index is 2.96. The lowest BCUT2D eigenvalue weighted by Gasteiger charge is -2.21. The molecule has 0 aliphatic rings. The lowest BCUT2D eigenvalue weighted by atomic mass is 10.1. The zero-order chi connectivity index (χ0) is 13.8. The third-order valence-electron chi connectivity index (χ3n) is 2.48. The van der Waals surface area contributed by atoms with Crippen LogP contribution in [0.4, 0.5) is 13.2 Å². The van der Waals surface area contributed by atoms with E-state index in [0.717, 1.165) is 12.0 Å². The first-order valence-electron chi connectivity index (χ1n) is 5.52. The van der Waals surface area contributed by atoms with Crippen molar-refractivity contribution < 1.29 is 22.6 Å². The molecule has 0 saturated carbocycles. The van der Waals surface area contributed by atoms with E-state index in [1.807, 2.05) is 6.92 Å². The summed E-state index contributed by atoms with van der Waals surface area (Å²) in [6, 6.07) is 4.81. The molecular weight excluding hydrogens is 247 g/mol. The second-order valence-electron chi connectivity index (χ2n) is 3.72. The smallest absolute Gasteiger partial charge is 0.426 e. The van der Waals surface area contributed by atoms with Crippen LogP contribution in [0.25, 0.3) is 0 Å². The molecule has 0 saturated heterocycles. The van der Waals surface area contributed by atoms with Crippen molar-refractivity contribution in [2.75, 3.05) is 13.7 Å². The maximum Gasteiger partial charge on any atom is 0.426 e. The first-order valence-corrected chi connectivity index (χ1v) is 5.52. The number of hydrogen-bond acceptors (Lipinski definition) is 3. The van der Waals surface area contributed by atoms with Crippen LogP contribution < -0.4 is 15.2 Å². The van der Waals surface area contributed by atoms with Crippen LogP contribution in [0.15, 0.2) is 18.2 Å². The molecule has 18 heavy (non-hydrogen) atoms. The summed E-state index contributed by atoms with van der Waals surface area (Å²) in [6.07, 6.45) is -5.77. The fourth-order valence-electron chi connectivity index (χ4n) is 1.43. The Morgan fingerprint density at radius 2 is 1.94 bits per heavy atom. The minimum Gasteiger partial charge on any atom is -0.493 e. The number of rotatable bonds is 5. The van der Waals surface area contributed by atoms with Crippen LogP contribution in [0.3, 0.4) is 0 Å². The fourth-order valence-corrected chi connectivity index (χ4v) is 1.43. The van der Waals surface area contributed by atoms with Gasteiger partial charge in [0.25, 0.3) is 0 Å². The maximum atomic E-state index is 12.5. The average molecular weight is 263 g/mol. The number of halogens is 3. The lowest BCUT2D eigenvalue weighted by Crippen LogP contribution is -2.40. The molecule has 0 aliphatic heterocycles. The van der Waals surface area contributed by atoms with Crippen molar-refractivity contribution in [1.29, 1.82) is 0 Å². The van der Waals surface area contributed by atoms with E-state index in [1.165, 1.54) is 13.2 Å². The Morgan fingerprint density at radius 3 is 2.39 bits per heavy atom. The summed E-state index contributed by atoms with van der Waals surface area (Å²) in [6.45, 7) is 1.30. The Morgan fingerprint density at radius 1 is 1.28 bits per heavy atom. The van der Waals surface area contributed by atoms with Crippen molar-refractivity contribution in [2.45, 2.75) is 25.6 Å². The molecule has 0 aromatic heterocycles. The summed E-state index contributed by atoms with van der Waals surface area (Å²) in [5.74, 6) is 0.319. The molecule has 0 spiro atoms. The summed E-state index contributed by atoms with van der Waals surface area (Å²) in [5, 5.41) is 0. The second-order valence-corrected chi connectivity index (χ2v) is 3.72. The molecule has 0 bridgehead atoms. The Labute approximate surface area is 104 Å². The highest BCUT2D eigenvalue weighted by Gasteiger charge is 2.41. The lowest BCUT2D eigenvalue weighted by molar-refractivity contribution is -0.191. The standard InChI is InChI=1S/C12H16F3NO2/c1-3-8-4-5-9(10(6-8)17-2)18-11(7-16)12(13,14)15/h4-6,11H,3,7,16H2,1-2H3. The van der Waals surface area contributed by atoms with E-state index in [4.69, 9.17) is 15.2 Å². The van der Waals surface area contributed by atoms with Gasteiger partial charge in [0, 0.05) is 6.54 Å². The highest BCUT2D eigenvalue weighted by molar-refractivity contribution is 5.43. The topological polar surface area (TPSA) is 44.5 Å². The van der Waals surface area contributed by atoms with Crippen LogP contribution in [0.2, 0.25) is 0 Å². The summed E-state index contributed by atoms with van der Waals surface area (Å²) in [4.78, 5) is 0. The average Bonchev–Trinajstić information content (AvgIpc) is 2.34. The molecule has 0 amide bonds. The summed E-state index contributed by atoms with van der Waals surface area (Å²) >= 11 is 0. The molecule has 0 radical (unpaired) electrons. The Bertz CT molecular complexity index is 393. The van der Waals surface area contributed by atoms with Crippen molar-refractivity contribution in [3.05, 3.63) is 23.8 Å². The summed E-state index contributed by atoms with van der Waals surface area (Å²) in [5.41, 5.74) is 6.02. The van der Waals surface area contributed by atoms with Gasteiger partial charge in [-0.2, -0.15) is 13.2 Å². The number of methoxy groups -OCH3 is 1.